The summed E-state index contributed by atoms with van der Waals surface area (Å²) in [5.74, 6) is 0.703. The Bertz CT molecular complexity index is 665. The van der Waals surface area contributed by atoms with Crippen LogP contribution in [0.2, 0.25) is 0 Å². The number of hydrogen-bond acceptors (Lipinski definition) is 4. The monoisotopic (exact) mass is 303 g/mol. The smallest absolute Gasteiger partial charge is 0.224 e. The lowest BCUT2D eigenvalue weighted by Gasteiger charge is -2.14. The molecule has 1 unspecified atom stereocenters. The molecule has 1 aliphatic rings. The molecule has 0 spiro atoms. The van der Waals surface area contributed by atoms with Gasteiger partial charge in [-0.15, -0.1) is 0 Å². The second kappa shape index (κ2) is 5.64. The van der Waals surface area contributed by atoms with Gasteiger partial charge in [0.05, 0.1) is 16.1 Å². The number of thiazole rings is 1. The standard InChI is InChI=1S/C16H21N3OS/c1-10(2)12-5-4-6-13-14(12)18-16(21-13)19-8-7-11(9-19)15(20)17-3/h4-6,10-11H,7-9H2,1-3H3,(H,17,20). The minimum Gasteiger partial charge on any atom is -0.359 e. The molecule has 4 nitrogen and oxygen atoms in total. The van der Waals surface area contributed by atoms with Gasteiger partial charge in [0.15, 0.2) is 5.13 Å². The minimum absolute atomic E-state index is 0.0894. The van der Waals surface area contributed by atoms with Gasteiger partial charge in [0.2, 0.25) is 5.91 Å². The number of carbonyl (C=O) groups excluding carboxylic acids is 1. The van der Waals surface area contributed by atoms with Crippen molar-refractivity contribution in [2.45, 2.75) is 26.2 Å². The average molecular weight is 303 g/mol. The van der Waals surface area contributed by atoms with Crippen LogP contribution in [0.1, 0.15) is 31.7 Å². The van der Waals surface area contributed by atoms with Crippen molar-refractivity contribution in [1.29, 1.82) is 0 Å². The second-order valence-corrected chi connectivity index (χ2v) is 6.90. The highest BCUT2D eigenvalue weighted by Crippen LogP contribution is 2.35. The van der Waals surface area contributed by atoms with E-state index in [1.54, 1.807) is 18.4 Å². The van der Waals surface area contributed by atoms with E-state index < -0.39 is 0 Å². The zero-order valence-corrected chi connectivity index (χ0v) is 13.5. The number of anilines is 1. The van der Waals surface area contributed by atoms with Crippen LogP contribution >= 0.6 is 11.3 Å². The molecule has 112 valence electrons. The highest BCUT2D eigenvalue weighted by molar-refractivity contribution is 7.22. The maximum Gasteiger partial charge on any atom is 0.224 e. The first-order valence-corrected chi connectivity index (χ1v) is 8.27. The van der Waals surface area contributed by atoms with Crippen molar-refractivity contribution < 1.29 is 4.79 Å². The summed E-state index contributed by atoms with van der Waals surface area (Å²) in [6.07, 6.45) is 0.909. The van der Waals surface area contributed by atoms with E-state index in [1.165, 1.54) is 10.3 Å². The summed E-state index contributed by atoms with van der Waals surface area (Å²) in [5, 5.41) is 3.79. The lowest BCUT2D eigenvalue weighted by atomic mass is 10.0. The summed E-state index contributed by atoms with van der Waals surface area (Å²) >= 11 is 1.73. The molecule has 2 heterocycles. The van der Waals surface area contributed by atoms with E-state index in [9.17, 15) is 4.79 Å². The van der Waals surface area contributed by atoms with Crippen molar-refractivity contribution >= 4 is 32.6 Å². The third kappa shape index (κ3) is 2.62. The first-order valence-electron chi connectivity index (χ1n) is 7.46. The molecular weight excluding hydrogens is 282 g/mol. The SMILES string of the molecule is CNC(=O)C1CCN(c2nc3c(C(C)C)cccc3s2)C1. The summed E-state index contributed by atoms with van der Waals surface area (Å²) < 4.78 is 1.24. The maximum atomic E-state index is 11.8. The fourth-order valence-electron chi connectivity index (χ4n) is 2.91. The van der Waals surface area contributed by atoms with Crippen molar-refractivity contribution in [2.24, 2.45) is 5.92 Å². The molecule has 1 saturated heterocycles. The van der Waals surface area contributed by atoms with E-state index >= 15 is 0 Å². The Labute approximate surface area is 129 Å². The van der Waals surface area contributed by atoms with Crippen molar-refractivity contribution in [3.63, 3.8) is 0 Å². The van der Waals surface area contributed by atoms with Gasteiger partial charge < -0.3 is 10.2 Å². The Hall–Kier alpha value is -1.62. The zero-order valence-electron chi connectivity index (χ0n) is 12.7. The first kappa shape index (κ1) is 14.3. The number of aromatic nitrogens is 1. The third-order valence-electron chi connectivity index (χ3n) is 4.14. The van der Waals surface area contributed by atoms with Crippen LogP contribution in [0.5, 0.6) is 0 Å². The number of fused-ring (bicyclic) bond motifs is 1. The normalized spacial score (nSPS) is 18.7. The summed E-state index contributed by atoms with van der Waals surface area (Å²) in [6, 6.07) is 6.40. The van der Waals surface area contributed by atoms with Gasteiger partial charge in [0.1, 0.15) is 0 Å². The van der Waals surface area contributed by atoms with Gasteiger partial charge in [-0.3, -0.25) is 4.79 Å². The molecule has 1 atom stereocenters. The lowest BCUT2D eigenvalue weighted by molar-refractivity contribution is -0.123. The lowest BCUT2D eigenvalue weighted by Crippen LogP contribution is -2.30. The van der Waals surface area contributed by atoms with E-state index in [0.717, 1.165) is 30.2 Å². The summed E-state index contributed by atoms with van der Waals surface area (Å²) in [6.45, 7) is 6.09. The Morgan fingerprint density at radius 2 is 2.29 bits per heavy atom. The van der Waals surface area contributed by atoms with Crippen LogP contribution in [-0.4, -0.2) is 31.0 Å². The molecule has 1 amide bonds. The molecule has 1 aromatic carbocycles. The van der Waals surface area contributed by atoms with Crippen LogP contribution in [0.25, 0.3) is 10.2 Å². The molecule has 1 fully saturated rings. The summed E-state index contributed by atoms with van der Waals surface area (Å²) in [4.78, 5) is 18.8. The van der Waals surface area contributed by atoms with E-state index in [-0.39, 0.29) is 11.8 Å². The topological polar surface area (TPSA) is 45.2 Å². The zero-order chi connectivity index (χ0) is 15.0. The van der Waals surface area contributed by atoms with Crippen LogP contribution in [0.3, 0.4) is 0 Å². The van der Waals surface area contributed by atoms with E-state index in [0.29, 0.717) is 5.92 Å². The van der Waals surface area contributed by atoms with Gasteiger partial charge in [-0.05, 0) is 24.0 Å². The Morgan fingerprint density at radius 1 is 1.48 bits per heavy atom. The predicted octanol–water partition coefficient (Wildman–Crippen LogP) is 2.99. The average Bonchev–Trinajstić information content (AvgIpc) is 3.11. The molecule has 1 aromatic heterocycles. The Kier molecular flexibility index (Phi) is 3.85. The summed E-state index contributed by atoms with van der Waals surface area (Å²) in [7, 11) is 1.71. The number of benzene rings is 1. The highest BCUT2D eigenvalue weighted by atomic mass is 32.1. The second-order valence-electron chi connectivity index (χ2n) is 5.89. The van der Waals surface area contributed by atoms with Crippen LogP contribution in [0.4, 0.5) is 5.13 Å². The Balaban J connectivity index is 1.89. The van der Waals surface area contributed by atoms with Gasteiger partial charge in [-0.25, -0.2) is 4.98 Å². The van der Waals surface area contributed by atoms with Gasteiger partial charge >= 0.3 is 0 Å². The molecule has 0 aliphatic carbocycles. The van der Waals surface area contributed by atoms with Crippen LogP contribution in [0, 0.1) is 5.92 Å². The fraction of sp³-hybridized carbons (Fsp3) is 0.500. The quantitative estimate of drug-likeness (QED) is 0.948. The number of nitrogens with zero attached hydrogens (tertiary/aromatic N) is 2. The number of para-hydroxylation sites is 1. The van der Waals surface area contributed by atoms with Crippen molar-refractivity contribution in [2.75, 3.05) is 25.0 Å². The van der Waals surface area contributed by atoms with E-state index in [2.05, 4.69) is 42.3 Å². The number of carbonyl (C=O) groups is 1. The highest BCUT2D eigenvalue weighted by Gasteiger charge is 2.29. The number of nitrogens with one attached hydrogen (secondary N) is 1. The van der Waals surface area contributed by atoms with Gasteiger partial charge in [0.25, 0.3) is 0 Å². The van der Waals surface area contributed by atoms with E-state index in [4.69, 9.17) is 4.98 Å². The number of amides is 1. The minimum atomic E-state index is 0.0894. The summed E-state index contributed by atoms with van der Waals surface area (Å²) in [5.41, 5.74) is 2.42. The molecule has 2 aromatic rings. The van der Waals surface area contributed by atoms with Crippen molar-refractivity contribution in [1.82, 2.24) is 10.3 Å². The molecule has 21 heavy (non-hydrogen) atoms. The molecule has 0 radical (unpaired) electrons. The third-order valence-corrected chi connectivity index (χ3v) is 5.22. The molecule has 1 aliphatic heterocycles. The number of rotatable bonds is 3. The van der Waals surface area contributed by atoms with E-state index in [1.807, 2.05) is 0 Å². The Morgan fingerprint density at radius 3 is 3.00 bits per heavy atom. The predicted molar refractivity (Wildman–Crippen MR) is 88.1 cm³/mol. The van der Waals surface area contributed by atoms with Crippen LogP contribution in [0.15, 0.2) is 18.2 Å². The molecule has 5 heteroatoms. The number of hydrogen-bond donors (Lipinski definition) is 1. The maximum absolute atomic E-state index is 11.8. The molecule has 3 rings (SSSR count). The first-order chi connectivity index (χ1) is 10.1. The largest absolute Gasteiger partial charge is 0.359 e. The fourth-order valence-corrected chi connectivity index (χ4v) is 3.95. The van der Waals surface area contributed by atoms with Gasteiger partial charge in [-0.2, -0.15) is 0 Å². The van der Waals surface area contributed by atoms with Crippen molar-refractivity contribution in [3.8, 4) is 0 Å². The van der Waals surface area contributed by atoms with Crippen molar-refractivity contribution in [3.05, 3.63) is 23.8 Å². The molecular formula is C16H21N3OS. The van der Waals surface area contributed by atoms with Crippen LogP contribution < -0.4 is 10.2 Å². The van der Waals surface area contributed by atoms with Gasteiger partial charge in [-0.1, -0.05) is 37.3 Å². The molecule has 0 saturated carbocycles. The van der Waals surface area contributed by atoms with Gasteiger partial charge in [0, 0.05) is 20.1 Å². The molecule has 0 bridgehead atoms. The molecule has 1 N–H and O–H groups in total. The van der Waals surface area contributed by atoms with Crippen LogP contribution in [-0.2, 0) is 4.79 Å².